The molecule has 1 heterocycles. The summed E-state index contributed by atoms with van der Waals surface area (Å²) in [6, 6.07) is 0. The van der Waals surface area contributed by atoms with Crippen molar-refractivity contribution in [2.75, 3.05) is 0 Å². The van der Waals surface area contributed by atoms with E-state index < -0.39 is 0 Å². The summed E-state index contributed by atoms with van der Waals surface area (Å²) in [5, 5.41) is 0. The Balaban J connectivity index is 0.000000360. The summed E-state index contributed by atoms with van der Waals surface area (Å²) in [5.41, 5.74) is 2.52. The van der Waals surface area contributed by atoms with Gasteiger partial charge in [-0.05, 0) is 12.2 Å². The molecule has 0 saturated heterocycles. The zero-order valence-electron chi connectivity index (χ0n) is 3.22. The molecule has 0 radical (unpaired) electrons. The van der Waals surface area contributed by atoms with Crippen LogP contribution in [0.4, 0.5) is 0 Å². The number of hydroxylamine groups is 1. The molecule has 2 nitrogen and oxygen atoms in total. The van der Waals surface area contributed by atoms with Gasteiger partial charge in [0.2, 0.25) is 0 Å². The molecule has 0 unspecified atom stereocenters. The Kier molecular flexibility index (Phi) is 2.85. The van der Waals surface area contributed by atoms with E-state index in [-0.39, 0.29) is 7.43 Å². The lowest BCUT2D eigenvalue weighted by Crippen LogP contribution is -2.01. The number of hydrogen-bond donors (Lipinski definition) is 1. The Labute approximate surface area is 43.4 Å². The van der Waals surface area contributed by atoms with Crippen molar-refractivity contribution in [3.05, 3.63) is 24.6 Å². The molecule has 7 heavy (non-hydrogen) atoms. The summed E-state index contributed by atoms with van der Waals surface area (Å²) in [5.74, 6) is 0. The first-order valence-electron chi connectivity index (χ1n) is 1.73. The molecule has 1 rings (SSSR count). The molecule has 1 aliphatic heterocycles. The Morgan fingerprint density at radius 2 is 2.14 bits per heavy atom. The van der Waals surface area contributed by atoms with E-state index in [4.69, 9.17) is 0 Å². The summed E-state index contributed by atoms with van der Waals surface area (Å²) in [6.07, 6.45) is 6.93. The van der Waals surface area contributed by atoms with E-state index in [2.05, 4.69) is 10.3 Å². The van der Waals surface area contributed by atoms with Crippen LogP contribution < -0.4 is 5.48 Å². The van der Waals surface area contributed by atoms with Crippen LogP contribution in [-0.4, -0.2) is 0 Å². The van der Waals surface area contributed by atoms with Crippen molar-refractivity contribution in [1.29, 1.82) is 0 Å². The summed E-state index contributed by atoms with van der Waals surface area (Å²) in [7, 11) is 0. The van der Waals surface area contributed by atoms with E-state index in [0.29, 0.717) is 0 Å². The summed E-state index contributed by atoms with van der Waals surface area (Å²) in [6.45, 7) is 0. The van der Waals surface area contributed by atoms with Gasteiger partial charge in [-0.25, -0.2) is 5.48 Å². The van der Waals surface area contributed by atoms with Crippen molar-refractivity contribution in [1.82, 2.24) is 5.48 Å². The van der Waals surface area contributed by atoms with Crippen LogP contribution in [0.25, 0.3) is 0 Å². The third-order valence-corrected chi connectivity index (χ3v) is 0.490. The molecule has 0 spiro atoms. The van der Waals surface area contributed by atoms with Crippen molar-refractivity contribution in [3.8, 4) is 0 Å². The molecular weight excluding hydrogens is 90.1 g/mol. The van der Waals surface area contributed by atoms with E-state index in [1.165, 1.54) is 0 Å². The maximum absolute atomic E-state index is 4.55. The highest BCUT2D eigenvalue weighted by atomic mass is 16.6. The molecular formula is C5H9NO. The lowest BCUT2D eigenvalue weighted by atomic mass is 10.6. The third-order valence-electron chi connectivity index (χ3n) is 0.490. The Morgan fingerprint density at radius 3 is 2.29 bits per heavy atom. The standard InChI is InChI=1S/C4H5NO.CH4/c1-2-4-6-5-3-1;/h1-5H;1H4. The van der Waals surface area contributed by atoms with Gasteiger partial charge in [-0.3, -0.25) is 0 Å². The summed E-state index contributed by atoms with van der Waals surface area (Å²) in [4.78, 5) is 4.55. The fraction of sp³-hybridized carbons (Fsp3) is 0.200. The molecule has 0 atom stereocenters. The van der Waals surface area contributed by atoms with Crippen LogP contribution in [0.2, 0.25) is 0 Å². The average molecular weight is 99.1 g/mol. The van der Waals surface area contributed by atoms with Gasteiger partial charge in [0.05, 0.1) is 0 Å². The lowest BCUT2D eigenvalue weighted by molar-refractivity contribution is 0.172. The van der Waals surface area contributed by atoms with Crippen LogP contribution in [0.15, 0.2) is 24.6 Å². The topological polar surface area (TPSA) is 21.3 Å². The normalized spacial score (nSPS) is 13.7. The summed E-state index contributed by atoms with van der Waals surface area (Å²) >= 11 is 0. The molecule has 0 aromatic rings. The second-order valence-corrected chi connectivity index (χ2v) is 0.923. The molecule has 40 valence electrons. The largest absolute Gasteiger partial charge is 0.391 e. The monoisotopic (exact) mass is 99.1 g/mol. The maximum atomic E-state index is 4.55. The van der Waals surface area contributed by atoms with Gasteiger partial charge in [0.15, 0.2) is 0 Å². The highest BCUT2D eigenvalue weighted by molar-refractivity contribution is 5.00. The molecule has 1 aliphatic rings. The first-order valence-corrected chi connectivity index (χ1v) is 1.73. The quantitative estimate of drug-likeness (QED) is 0.492. The SMILES string of the molecule is C.C1=CNOC=C1. The fourth-order valence-corrected chi connectivity index (χ4v) is 0.258. The number of allylic oxidation sites excluding steroid dienone is 2. The van der Waals surface area contributed by atoms with E-state index >= 15 is 0 Å². The lowest BCUT2D eigenvalue weighted by Gasteiger charge is -1.97. The van der Waals surface area contributed by atoms with Gasteiger partial charge in [0.1, 0.15) is 6.26 Å². The first-order chi connectivity index (χ1) is 3.00. The first kappa shape index (κ1) is 6.08. The zero-order valence-corrected chi connectivity index (χ0v) is 3.22. The van der Waals surface area contributed by atoms with Gasteiger partial charge in [0.25, 0.3) is 0 Å². The van der Waals surface area contributed by atoms with Gasteiger partial charge >= 0.3 is 0 Å². The van der Waals surface area contributed by atoms with Crippen molar-refractivity contribution in [3.63, 3.8) is 0 Å². The van der Waals surface area contributed by atoms with E-state index in [1.54, 1.807) is 18.5 Å². The predicted molar refractivity (Wildman–Crippen MR) is 29.2 cm³/mol. The van der Waals surface area contributed by atoms with Crippen LogP contribution >= 0.6 is 0 Å². The highest BCUT2D eigenvalue weighted by Crippen LogP contribution is 1.80. The molecule has 2 heteroatoms. The second kappa shape index (κ2) is 3.28. The van der Waals surface area contributed by atoms with Crippen LogP contribution in [0.5, 0.6) is 0 Å². The molecule has 0 fully saturated rings. The fourth-order valence-electron chi connectivity index (χ4n) is 0.258. The number of nitrogens with one attached hydrogen (secondary N) is 1. The van der Waals surface area contributed by atoms with E-state index in [0.717, 1.165) is 0 Å². The minimum atomic E-state index is 0. The predicted octanol–water partition coefficient (Wildman–Crippen LogP) is 1.18. The van der Waals surface area contributed by atoms with Crippen LogP contribution in [0.1, 0.15) is 7.43 Å². The summed E-state index contributed by atoms with van der Waals surface area (Å²) < 4.78 is 0. The molecule has 0 aromatic carbocycles. The smallest absolute Gasteiger partial charge is 0.119 e. The van der Waals surface area contributed by atoms with Crippen molar-refractivity contribution in [2.45, 2.75) is 7.43 Å². The number of rotatable bonds is 0. The maximum Gasteiger partial charge on any atom is 0.119 e. The van der Waals surface area contributed by atoms with Crippen molar-refractivity contribution < 1.29 is 4.84 Å². The van der Waals surface area contributed by atoms with Crippen LogP contribution in [0.3, 0.4) is 0 Å². The second-order valence-electron chi connectivity index (χ2n) is 0.923. The van der Waals surface area contributed by atoms with Crippen LogP contribution in [-0.2, 0) is 4.84 Å². The molecule has 0 saturated carbocycles. The van der Waals surface area contributed by atoms with Gasteiger partial charge in [-0.1, -0.05) is 7.43 Å². The molecule has 0 bridgehead atoms. The molecule has 0 aromatic heterocycles. The Hall–Kier alpha value is -0.920. The van der Waals surface area contributed by atoms with Crippen molar-refractivity contribution >= 4 is 0 Å². The number of hydrogen-bond acceptors (Lipinski definition) is 2. The van der Waals surface area contributed by atoms with Gasteiger partial charge < -0.3 is 4.84 Å². The highest BCUT2D eigenvalue weighted by Gasteiger charge is 1.72. The average Bonchev–Trinajstić information content (AvgIpc) is 1.72. The van der Waals surface area contributed by atoms with E-state index in [1.807, 2.05) is 6.08 Å². The van der Waals surface area contributed by atoms with E-state index in [9.17, 15) is 0 Å². The molecule has 0 aliphatic carbocycles. The minimum Gasteiger partial charge on any atom is -0.391 e. The Bertz CT molecular complexity index is 74.1. The van der Waals surface area contributed by atoms with Gasteiger partial charge in [0, 0.05) is 6.20 Å². The van der Waals surface area contributed by atoms with Gasteiger partial charge in [-0.2, -0.15) is 0 Å². The van der Waals surface area contributed by atoms with Crippen LogP contribution in [0, 0.1) is 0 Å². The molecule has 1 N–H and O–H groups in total. The Morgan fingerprint density at radius 1 is 1.29 bits per heavy atom. The van der Waals surface area contributed by atoms with Gasteiger partial charge in [-0.15, -0.1) is 0 Å². The molecule has 0 amide bonds. The minimum absolute atomic E-state index is 0. The zero-order chi connectivity index (χ0) is 4.24. The third kappa shape index (κ3) is 1.87. The van der Waals surface area contributed by atoms with Crippen molar-refractivity contribution in [2.24, 2.45) is 0 Å².